The fourth-order valence-electron chi connectivity index (χ4n) is 3.99. The molecule has 0 N–H and O–H groups in total. The lowest BCUT2D eigenvalue weighted by molar-refractivity contribution is -0.116. The molecule has 0 radical (unpaired) electrons. The molecule has 6 nitrogen and oxygen atoms in total. The molecule has 1 aromatic heterocycles. The molecule has 3 aromatic carbocycles. The second kappa shape index (κ2) is 9.92. The maximum atomic E-state index is 13.1. The molecular weight excluding hydrogens is 432 g/mol. The van der Waals surface area contributed by atoms with Gasteiger partial charge in [0.15, 0.2) is 11.0 Å². The number of thioether (sulfide) groups is 1. The summed E-state index contributed by atoms with van der Waals surface area (Å²) in [5.41, 5.74) is 3.19. The zero-order valence-electron chi connectivity index (χ0n) is 18.1. The summed E-state index contributed by atoms with van der Waals surface area (Å²) in [6.07, 6.45) is 1.99. The van der Waals surface area contributed by atoms with E-state index in [1.54, 1.807) is 0 Å². The molecule has 0 aliphatic carbocycles. The molecule has 33 heavy (non-hydrogen) atoms. The van der Waals surface area contributed by atoms with Crippen molar-refractivity contribution in [1.82, 2.24) is 14.8 Å². The van der Waals surface area contributed by atoms with Crippen molar-refractivity contribution in [3.8, 4) is 11.4 Å². The second-order valence-corrected chi connectivity index (χ2v) is 8.68. The van der Waals surface area contributed by atoms with Crippen LogP contribution in [0, 0.1) is 0 Å². The summed E-state index contributed by atoms with van der Waals surface area (Å²) < 4.78 is 7.88. The Hall–Kier alpha value is -3.58. The molecule has 0 spiro atoms. The van der Waals surface area contributed by atoms with Crippen LogP contribution in [0.2, 0.25) is 0 Å². The number of hydrogen-bond acceptors (Lipinski definition) is 5. The van der Waals surface area contributed by atoms with E-state index in [-0.39, 0.29) is 12.5 Å². The van der Waals surface area contributed by atoms with E-state index < -0.39 is 0 Å². The number of aromatic nitrogens is 3. The van der Waals surface area contributed by atoms with Crippen molar-refractivity contribution in [1.29, 1.82) is 0 Å². The highest BCUT2D eigenvalue weighted by molar-refractivity contribution is 7.99. The lowest BCUT2D eigenvalue weighted by atomic mass is 10.0. The fourth-order valence-corrected chi connectivity index (χ4v) is 4.83. The van der Waals surface area contributed by atoms with Gasteiger partial charge in [-0.3, -0.25) is 9.36 Å². The molecule has 0 fully saturated rings. The first-order valence-corrected chi connectivity index (χ1v) is 12.0. The second-order valence-electron chi connectivity index (χ2n) is 7.74. The Labute approximate surface area is 197 Å². The number of para-hydroxylation sites is 3. The van der Waals surface area contributed by atoms with Crippen molar-refractivity contribution in [2.24, 2.45) is 0 Å². The molecule has 1 amide bonds. The molecule has 2 heterocycles. The molecule has 166 valence electrons. The van der Waals surface area contributed by atoms with Crippen LogP contribution in [-0.4, -0.2) is 33.0 Å². The van der Waals surface area contributed by atoms with Crippen LogP contribution in [0.15, 0.2) is 90.1 Å². The van der Waals surface area contributed by atoms with Gasteiger partial charge in [-0.2, -0.15) is 0 Å². The van der Waals surface area contributed by atoms with Gasteiger partial charge in [-0.1, -0.05) is 66.4 Å². The first-order valence-electron chi connectivity index (χ1n) is 11.0. The summed E-state index contributed by atoms with van der Waals surface area (Å²) in [5, 5.41) is 9.44. The maximum Gasteiger partial charge on any atom is 0.237 e. The van der Waals surface area contributed by atoms with Crippen molar-refractivity contribution in [2.75, 3.05) is 17.2 Å². The molecule has 7 heteroatoms. The van der Waals surface area contributed by atoms with Gasteiger partial charge in [0.05, 0.1) is 5.75 Å². The molecule has 5 rings (SSSR count). The van der Waals surface area contributed by atoms with E-state index in [1.165, 1.54) is 17.3 Å². The normalized spacial score (nSPS) is 12.9. The quantitative estimate of drug-likeness (QED) is 0.370. The van der Waals surface area contributed by atoms with Gasteiger partial charge in [-0.05, 0) is 48.7 Å². The van der Waals surface area contributed by atoms with E-state index in [9.17, 15) is 4.79 Å². The largest absolute Gasteiger partial charge is 0.486 e. The number of benzene rings is 3. The van der Waals surface area contributed by atoms with Gasteiger partial charge in [0.25, 0.3) is 0 Å². The molecule has 1 aliphatic rings. The predicted molar refractivity (Wildman–Crippen MR) is 130 cm³/mol. The number of carbonyl (C=O) groups excluding carboxylic acids is 1. The first-order chi connectivity index (χ1) is 16.3. The number of rotatable bonds is 7. The van der Waals surface area contributed by atoms with E-state index in [0.717, 1.165) is 36.5 Å². The van der Waals surface area contributed by atoms with Gasteiger partial charge in [0.1, 0.15) is 12.4 Å². The Kier molecular flexibility index (Phi) is 6.39. The van der Waals surface area contributed by atoms with Crippen LogP contribution in [-0.2, 0) is 17.8 Å². The lowest BCUT2D eigenvalue weighted by Crippen LogP contribution is -2.36. The topological polar surface area (TPSA) is 60.2 Å². The summed E-state index contributed by atoms with van der Waals surface area (Å²) >= 11 is 1.40. The fraction of sp³-hybridized carbons (Fsp3) is 0.192. The Morgan fingerprint density at radius 1 is 0.909 bits per heavy atom. The SMILES string of the molecule is O=C(CSc1nnc(COc2ccccc2)n1-c1ccccc1)N1CCCc2ccccc21. The number of fused-ring (bicyclic) bond motifs is 1. The molecule has 0 bridgehead atoms. The third kappa shape index (κ3) is 4.78. The minimum atomic E-state index is 0.0804. The van der Waals surface area contributed by atoms with Gasteiger partial charge in [-0.15, -0.1) is 10.2 Å². The van der Waals surface area contributed by atoms with E-state index >= 15 is 0 Å². The maximum absolute atomic E-state index is 13.1. The Balaban J connectivity index is 1.35. The molecule has 0 atom stereocenters. The van der Waals surface area contributed by atoms with Crippen LogP contribution >= 0.6 is 11.8 Å². The van der Waals surface area contributed by atoms with Gasteiger partial charge < -0.3 is 9.64 Å². The first kappa shape index (κ1) is 21.3. The summed E-state index contributed by atoms with van der Waals surface area (Å²) in [4.78, 5) is 15.0. The van der Waals surface area contributed by atoms with Crippen LogP contribution in [0.3, 0.4) is 0 Å². The smallest absolute Gasteiger partial charge is 0.237 e. The van der Waals surface area contributed by atoms with E-state index in [0.29, 0.717) is 16.7 Å². The van der Waals surface area contributed by atoms with Crippen LogP contribution in [0.4, 0.5) is 5.69 Å². The van der Waals surface area contributed by atoms with Crippen molar-refractivity contribution >= 4 is 23.4 Å². The summed E-state index contributed by atoms with van der Waals surface area (Å²) in [6.45, 7) is 1.03. The molecule has 0 saturated carbocycles. The molecule has 0 unspecified atom stereocenters. The Morgan fingerprint density at radius 2 is 1.64 bits per heavy atom. The zero-order chi connectivity index (χ0) is 22.5. The highest BCUT2D eigenvalue weighted by Crippen LogP contribution is 2.29. The monoisotopic (exact) mass is 456 g/mol. The predicted octanol–water partition coefficient (Wildman–Crippen LogP) is 4.92. The van der Waals surface area contributed by atoms with Gasteiger partial charge in [0.2, 0.25) is 5.91 Å². The number of nitrogens with zero attached hydrogens (tertiary/aromatic N) is 4. The van der Waals surface area contributed by atoms with E-state index in [1.807, 2.05) is 88.3 Å². The number of aryl methyl sites for hydroxylation is 1. The average Bonchev–Trinajstić information content (AvgIpc) is 3.29. The highest BCUT2D eigenvalue weighted by Gasteiger charge is 2.23. The number of ether oxygens (including phenoxy) is 1. The highest BCUT2D eigenvalue weighted by atomic mass is 32.2. The molecule has 0 saturated heterocycles. The summed E-state index contributed by atoms with van der Waals surface area (Å²) in [5.74, 6) is 1.83. The third-order valence-electron chi connectivity index (χ3n) is 5.56. The average molecular weight is 457 g/mol. The van der Waals surface area contributed by atoms with Crippen LogP contribution in [0.5, 0.6) is 5.75 Å². The Morgan fingerprint density at radius 3 is 2.45 bits per heavy atom. The minimum Gasteiger partial charge on any atom is -0.486 e. The van der Waals surface area contributed by atoms with Crippen molar-refractivity contribution in [3.05, 3.63) is 96.3 Å². The van der Waals surface area contributed by atoms with Crippen molar-refractivity contribution in [3.63, 3.8) is 0 Å². The molecule has 4 aromatic rings. The van der Waals surface area contributed by atoms with Crippen molar-refractivity contribution in [2.45, 2.75) is 24.6 Å². The van der Waals surface area contributed by atoms with E-state index in [2.05, 4.69) is 16.3 Å². The standard InChI is InChI=1S/C26H24N4O2S/c31-25(29-17-9-11-20-10-7-8-16-23(20)29)19-33-26-28-27-24(18-32-22-14-5-2-6-15-22)30(26)21-12-3-1-4-13-21/h1-8,10,12-16H,9,11,17-19H2. The van der Waals surface area contributed by atoms with Gasteiger partial charge in [0, 0.05) is 17.9 Å². The summed E-state index contributed by atoms with van der Waals surface area (Å²) in [6, 6.07) is 27.7. The third-order valence-corrected chi connectivity index (χ3v) is 6.48. The number of carbonyl (C=O) groups is 1. The zero-order valence-corrected chi connectivity index (χ0v) is 18.9. The number of anilines is 1. The van der Waals surface area contributed by atoms with Gasteiger partial charge >= 0.3 is 0 Å². The molecular formula is C26H24N4O2S. The minimum absolute atomic E-state index is 0.0804. The lowest BCUT2D eigenvalue weighted by Gasteiger charge is -2.29. The Bertz CT molecular complexity index is 1230. The van der Waals surface area contributed by atoms with Crippen LogP contribution < -0.4 is 9.64 Å². The van der Waals surface area contributed by atoms with Crippen LogP contribution in [0.1, 0.15) is 17.8 Å². The van der Waals surface area contributed by atoms with E-state index in [4.69, 9.17) is 4.74 Å². The summed E-state index contributed by atoms with van der Waals surface area (Å²) in [7, 11) is 0. The van der Waals surface area contributed by atoms with Gasteiger partial charge in [-0.25, -0.2) is 0 Å². The number of amides is 1. The van der Waals surface area contributed by atoms with Crippen LogP contribution in [0.25, 0.3) is 5.69 Å². The molecule has 1 aliphatic heterocycles. The number of hydrogen-bond donors (Lipinski definition) is 0. The van der Waals surface area contributed by atoms with Crippen molar-refractivity contribution < 1.29 is 9.53 Å².